The summed E-state index contributed by atoms with van der Waals surface area (Å²) in [6.45, 7) is 9.66. The van der Waals surface area contributed by atoms with Crippen molar-refractivity contribution in [1.82, 2.24) is 30.2 Å². The summed E-state index contributed by atoms with van der Waals surface area (Å²) in [7, 11) is 27.6. The zero-order valence-electron chi connectivity index (χ0n) is 24.4. The van der Waals surface area contributed by atoms with Crippen LogP contribution in [0.25, 0.3) is 0 Å². The molecule has 4 rings (SSSR count). The third-order valence-corrected chi connectivity index (χ3v) is 6.85. The molecule has 2 aromatic rings. The first kappa shape index (κ1) is 37.9. The highest BCUT2D eigenvalue weighted by atomic mass is 35.5. The third-order valence-electron chi connectivity index (χ3n) is 6.48. The van der Waals surface area contributed by atoms with Gasteiger partial charge in [0, 0.05) is 98.8 Å². The number of nitrogens with one attached hydrogen (secondary N) is 1. The lowest BCUT2D eigenvalue weighted by Gasteiger charge is -2.24. The van der Waals surface area contributed by atoms with E-state index >= 15 is 0 Å². The number of carbonyl (C=O) groups excluding carboxylic acids is 2. The number of rotatable bonds is 6. The number of hydrogen-bond acceptors (Lipinski definition) is 6. The standard InChI is InChI=1S/C11H15ClN4O.C10H13ClN4O.B8.B/c1-7(2)8-6-15(3)11(17)16(8)9-4-5-13-10(12)14-9;1-6(2)7-5-13-10(16)15(7)8-3-4-12-9(11)14-8;1-6(2)8(5)7(3)4;/h4-5,7-8H,6H2,1-3H3;3-4,6-7H,5H2,1-2H3,(H,13,16);;/t8-;7-;;/m11../s1. The highest BCUT2D eigenvalue weighted by molar-refractivity contribution is 7.89. The first-order chi connectivity index (χ1) is 19.1. The molecule has 0 aromatic carbocycles. The van der Waals surface area contributed by atoms with Crippen molar-refractivity contribution in [2.24, 2.45) is 11.8 Å². The maximum atomic E-state index is 12.1. The summed E-state index contributed by atoms with van der Waals surface area (Å²) < 4.78 is 0. The Bertz CT molecular complexity index is 1170. The highest BCUT2D eigenvalue weighted by Gasteiger charge is 2.38. The van der Waals surface area contributed by atoms with Crippen molar-refractivity contribution < 1.29 is 9.59 Å². The van der Waals surface area contributed by atoms with Crippen LogP contribution >= 0.6 is 23.2 Å². The smallest absolute Gasteiger partial charge is 0.325 e. The van der Waals surface area contributed by atoms with Gasteiger partial charge >= 0.3 is 12.1 Å². The number of halogens is 2. The lowest BCUT2D eigenvalue weighted by atomic mass is 8.68. The molecule has 21 heteroatoms. The number of nitrogens with zero attached hydrogens (tertiary/aromatic N) is 7. The molecule has 0 bridgehead atoms. The average Bonchev–Trinajstić information content (AvgIpc) is 3.43. The van der Waals surface area contributed by atoms with Gasteiger partial charge in [-0.05, 0) is 47.2 Å². The van der Waals surface area contributed by atoms with Gasteiger partial charge in [-0.1, -0.05) is 27.7 Å². The van der Waals surface area contributed by atoms with Crippen molar-refractivity contribution in [3.63, 3.8) is 0 Å². The van der Waals surface area contributed by atoms with Gasteiger partial charge in [0.2, 0.25) is 10.6 Å². The molecular weight excluding hydrogens is 564 g/mol. The second-order valence-corrected chi connectivity index (χ2v) is 11.0. The van der Waals surface area contributed by atoms with E-state index in [1.165, 1.54) is 0 Å². The van der Waals surface area contributed by atoms with Crippen LogP contribution in [0.15, 0.2) is 24.5 Å². The molecule has 4 heterocycles. The Hall–Kier alpha value is -2.14. The van der Waals surface area contributed by atoms with Gasteiger partial charge in [0.05, 0.1) is 12.1 Å². The number of carbonyl (C=O) groups is 2. The van der Waals surface area contributed by atoms with Crippen molar-refractivity contribution in [2.75, 3.05) is 29.9 Å². The molecule has 2 fully saturated rings. The number of likely N-dealkylation sites (N-methyl/N-ethyl adjacent to an activating group) is 1. The van der Waals surface area contributed by atoms with E-state index in [0.29, 0.717) is 36.6 Å². The molecule has 1 N–H and O–H groups in total. The molecule has 0 spiro atoms. The van der Waals surface area contributed by atoms with E-state index in [-0.39, 0.29) is 43.1 Å². The topological polar surface area (TPSA) is 107 Å². The first-order valence-electron chi connectivity index (χ1n) is 13.0. The van der Waals surface area contributed by atoms with Crippen LogP contribution in [0.5, 0.6) is 0 Å². The minimum Gasteiger partial charge on any atom is -0.336 e. The Kier molecular flexibility index (Phi) is 15.5. The molecule has 42 heavy (non-hydrogen) atoms. The number of aromatic nitrogens is 4. The Morgan fingerprint density at radius 1 is 0.857 bits per heavy atom. The van der Waals surface area contributed by atoms with Gasteiger partial charge in [0.1, 0.15) is 11.6 Å². The lowest BCUT2D eigenvalue weighted by molar-refractivity contribution is 0.229. The van der Waals surface area contributed by atoms with E-state index in [1.807, 2.05) is 0 Å². The van der Waals surface area contributed by atoms with Crippen LogP contribution in [-0.4, -0.2) is 135 Å². The zero-order chi connectivity index (χ0) is 31.0. The molecule has 4 amide bonds. The Morgan fingerprint density at radius 3 is 1.69 bits per heavy atom. The van der Waals surface area contributed by atoms with Crippen LogP contribution in [0.4, 0.5) is 21.2 Å². The molecule has 2 aliphatic heterocycles. The molecule has 2 atom stereocenters. The van der Waals surface area contributed by atoms with E-state index in [1.54, 1.807) is 46.3 Å². The van der Waals surface area contributed by atoms with Crippen LogP contribution in [0, 0.1) is 11.8 Å². The maximum absolute atomic E-state index is 12.1. The molecule has 0 unspecified atom stereocenters. The molecule has 13 radical (unpaired) electrons. The van der Waals surface area contributed by atoms with Crippen LogP contribution in [0.3, 0.4) is 0 Å². The predicted octanol–water partition coefficient (Wildman–Crippen LogP) is 0.283. The quantitative estimate of drug-likeness (QED) is 0.382. The number of hydrogen-bond donors (Lipinski definition) is 1. The molecule has 10 nitrogen and oxygen atoms in total. The summed E-state index contributed by atoms with van der Waals surface area (Å²) in [5.41, 5.74) is 0. The van der Waals surface area contributed by atoms with Gasteiger partial charge in [-0.25, -0.2) is 29.5 Å². The summed E-state index contributed by atoms with van der Waals surface area (Å²) in [5.74, 6) is 1.83. The summed E-state index contributed by atoms with van der Waals surface area (Å²) in [6, 6.07) is 3.45. The van der Waals surface area contributed by atoms with E-state index in [2.05, 4.69) is 52.9 Å². The zero-order valence-corrected chi connectivity index (χ0v) is 25.9. The van der Waals surface area contributed by atoms with E-state index in [9.17, 15) is 9.59 Å². The normalized spacial score (nSPS) is 17.6. The summed E-state index contributed by atoms with van der Waals surface area (Å²) in [4.78, 5) is 44.6. The van der Waals surface area contributed by atoms with Crippen molar-refractivity contribution >= 4 is 113 Å². The molecule has 0 saturated carbocycles. The molecule has 2 aliphatic rings. The second kappa shape index (κ2) is 17.2. The predicted molar refractivity (Wildman–Crippen MR) is 180 cm³/mol. The van der Waals surface area contributed by atoms with Gasteiger partial charge in [-0.3, -0.25) is 9.80 Å². The molecule has 2 saturated heterocycles. The van der Waals surface area contributed by atoms with E-state index < -0.39 is 19.2 Å². The van der Waals surface area contributed by atoms with Gasteiger partial charge < -0.3 is 10.2 Å². The highest BCUT2D eigenvalue weighted by Crippen LogP contribution is 2.27. The van der Waals surface area contributed by atoms with E-state index in [0.717, 1.165) is 0 Å². The van der Waals surface area contributed by atoms with Crippen molar-refractivity contribution in [3.8, 4) is 0 Å². The Balaban J connectivity index is 0.000000332. The van der Waals surface area contributed by atoms with Crippen molar-refractivity contribution in [2.45, 2.75) is 39.8 Å². The minimum atomic E-state index is -0.630. The Morgan fingerprint density at radius 2 is 1.31 bits per heavy atom. The van der Waals surface area contributed by atoms with Crippen LogP contribution < -0.4 is 15.1 Å². The summed E-state index contributed by atoms with van der Waals surface area (Å²) in [6.07, 6.45) is 1.33. The average molecular weight is 593 g/mol. The van der Waals surface area contributed by atoms with Gasteiger partial charge in [0.15, 0.2) is 0 Å². The summed E-state index contributed by atoms with van der Waals surface area (Å²) >= 11 is 11.5. The third kappa shape index (κ3) is 10.2. The van der Waals surface area contributed by atoms with Crippen LogP contribution in [0.2, 0.25) is 10.6 Å². The Labute approximate surface area is 268 Å². The lowest BCUT2D eigenvalue weighted by Crippen LogP contribution is -2.52. The summed E-state index contributed by atoms with van der Waals surface area (Å²) in [5, 5.41) is 3.11. The fourth-order valence-corrected chi connectivity index (χ4v) is 4.33. The molecular formula is C21H28B9Cl2N8O2. The van der Waals surface area contributed by atoms with Crippen LogP contribution in [0.1, 0.15) is 27.7 Å². The SMILES string of the molecule is CC(C)[C@H]1CN(C)C(=O)N1c1ccnc(Cl)n1.CC(C)[C@H]1CNC(=O)N1c1ccnc(Cl)n1.[B].[B]B([B])B([B])B([B])[B]. The fourth-order valence-electron chi connectivity index (χ4n) is 4.05. The molecule has 0 aliphatic carbocycles. The van der Waals surface area contributed by atoms with E-state index in [4.69, 9.17) is 61.9 Å². The first-order valence-corrected chi connectivity index (χ1v) is 13.8. The number of amides is 4. The number of anilines is 2. The van der Waals surface area contributed by atoms with Gasteiger partial charge in [0.25, 0.3) is 0 Å². The monoisotopic (exact) mass is 593 g/mol. The molecule has 2 aromatic heterocycles. The van der Waals surface area contributed by atoms with Crippen LogP contribution in [-0.2, 0) is 0 Å². The van der Waals surface area contributed by atoms with Gasteiger partial charge in [-0.15, -0.1) is 0 Å². The largest absolute Gasteiger partial charge is 0.336 e. The second-order valence-electron chi connectivity index (χ2n) is 10.3. The van der Waals surface area contributed by atoms with Crippen molar-refractivity contribution in [3.05, 3.63) is 35.1 Å². The number of urea groups is 2. The van der Waals surface area contributed by atoms with Crippen molar-refractivity contribution in [1.29, 1.82) is 0 Å². The fraction of sp³-hybridized carbons (Fsp3) is 0.524. The maximum Gasteiger partial charge on any atom is 0.325 e. The van der Waals surface area contributed by atoms with Gasteiger partial charge in [-0.2, -0.15) is 0 Å². The minimum absolute atomic E-state index is 0. The molecule has 205 valence electrons.